The Labute approximate surface area is 118 Å². The van der Waals surface area contributed by atoms with Crippen molar-refractivity contribution in [1.82, 2.24) is 10.1 Å². The molecule has 1 unspecified atom stereocenters. The molecule has 0 radical (unpaired) electrons. The first-order chi connectivity index (χ1) is 9.90. The Morgan fingerprint density at radius 2 is 2.15 bits per heavy atom. The molecule has 20 heavy (non-hydrogen) atoms. The number of aromatic nitrogens is 2. The largest absolute Gasteiger partial charge is 0.385 e. The maximum absolute atomic E-state index is 5.35. The maximum atomic E-state index is 5.35. The molecule has 5 nitrogen and oxygen atoms in total. The molecule has 2 aromatic rings. The Balaban J connectivity index is 1.45. The van der Waals surface area contributed by atoms with Crippen molar-refractivity contribution in [1.29, 1.82) is 0 Å². The minimum atomic E-state index is 0.544. The predicted octanol–water partition coefficient (Wildman–Crippen LogP) is 2.30. The van der Waals surface area contributed by atoms with E-state index in [1.807, 2.05) is 30.3 Å². The molecule has 0 bridgehead atoms. The lowest BCUT2D eigenvalue weighted by atomic mass is 10.1. The highest BCUT2D eigenvalue weighted by Crippen LogP contribution is 2.16. The summed E-state index contributed by atoms with van der Waals surface area (Å²) in [5, 5.41) is 7.36. The zero-order valence-corrected chi connectivity index (χ0v) is 11.4. The van der Waals surface area contributed by atoms with Gasteiger partial charge in [-0.25, -0.2) is 0 Å². The first-order valence-electron chi connectivity index (χ1n) is 7.08. The van der Waals surface area contributed by atoms with Crippen molar-refractivity contribution in [2.45, 2.75) is 19.3 Å². The SMILES string of the molecule is c1ccc(NCCc2nc(CC3CCOC3)no2)cc1. The van der Waals surface area contributed by atoms with E-state index in [9.17, 15) is 0 Å². The van der Waals surface area contributed by atoms with E-state index in [2.05, 4.69) is 15.5 Å². The van der Waals surface area contributed by atoms with Gasteiger partial charge < -0.3 is 14.6 Å². The van der Waals surface area contributed by atoms with Crippen LogP contribution in [0.5, 0.6) is 0 Å². The number of benzene rings is 1. The molecule has 1 aromatic carbocycles. The van der Waals surface area contributed by atoms with Crippen molar-refractivity contribution in [2.75, 3.05) is 25.1 Å². The second kappa shape index (κ2) is 6.52. The fourth-order valence-corrected chi connectivity index (χ4v) is 2.35. The molecule has 1 aromatic heterocycles. The first kappa shape index (κ1) is 13.1. The Bertz CT molecular complexity index is 521. The van der Waals surface area contributed by atoms with E-state index in [1.54, 1.807) is 0 Å². The van der Waals surface area contributed by atoms with E-state index in [4.69, 9.17) is 9.26 Å². The van der Waals surface area contributed by atoms with Gasteiger partial charge in [0.1, 0.15) is 0 Å². The van der Waals surface area contributed by atoms with E-state index in [1.165, 1.54) is 0 Å². The lowest BCUT2D eigenvalue weighted by Gasteiger charge is -2.03. The molecule has 0 aliphatic carbocycles. The molecule has 1 aliphatic rings. The van der Waals surface area contributed by atoms with E-state index in [-0.39, 0.29) is 0 Å². The van der Waals surface area contributed by atoms with Crippen molar-refractivity contribution in [2.24, 2.45) is 5.92 Å². The third-order valence-electron chi connectivity index (χ3n) is 3.45. The van der Waals surface area contributed by atoms with E-state index >= 15 is 0 Å². The Hall–Kier alpha value is -1.88. The predicted molar refractivity (Wildman–Crippen MR) is 75.6 cm³/mol. The molecule has 1 N–H and O–H groups in total. The van der Waals surface area contributed by atoms with Gasteiger partial charge in [-0.1, -0.05) is 23.4 Å². The molecule has 0 amide bonds. The minimum absolute atomic E-state index is 0.544. The molecule has 1 aliphatic heterocycles. The van der Waals surface area contributed by atoms with Crippen molar-refractivity contribution in [3.05, 3.63) is 42.0 Å². The molecule has 3 rings (SSSR count). The second-order valence-electron chi connectivity index (χ2n) is 5.08. The zero-order valence-electron chi connectivity index (χ0n) is 11.4. The summed E-state index contributed by atoms with van der Waals surface area (Å²) in [6.07, 6.45) is 2.69. The second-order valence-corrected chi connectivity index (χ2v) is 5.08. The Kier molecular flexibility index (Phi) is 4.28. The number of anilines is 1. The number of hydrogen-bond donors (Lipinski definition) is 1. The van der Waals surface area contributed by atoms with Gasteiger partial charge in [0.05, 0.1) is 0 Å². The van der Waals surface area contributed by atoms with Crippen molar-refractivity contribution in [3.63, 3.8) is 0 Å². The van der Waals surface area contributed by atoms with E-state index in [0.29, 0.717) is 11.8 Å². The van der Waals surface area contributed by atoms with E-state index < -0.39 is 0 Å². The van der Waals surface area contributed by atoms with Gasteiger partial charge in [0.2, 0.25) is 5.89 Å². The first-order valence-corrected chi connectivity index (χ1v) is 7.08. The molecule has 0 spiro atoms. The van der Waals surface area contributed by atoms with Gasteiger partial charge in [0, 0.05) is 38.3 Å². The molecule has 2 heterocycles. The van der Waals surface area contributed by atoms with Crippen LogP contribution in [0.1, 0.15) is 18.1 Å². The zero-order chi connectivity index (χ0) is 13.6. The van der Waals surface area contributed by atoms with Crippen LogP contribution in [-0.4, -0.2) is 29.9 Å². The van der Waals surface area contributed by atoms with Crippen LogP contribution in [0.2, 0.25) is 0 Å². The number of hydrogen-bond acceptors (Lipinski definition) is 5. The van der Waals surface area contributed by atoms with Gasteiger partial charge in [0.25, 0.3) is 0 Å². The van der Waals surface area contributed by atoms with Crippen LogP contribution < -0.4 is 5.32 Å². The van der Waals surface area contributed by atoms with Crippen molar-refractivity contribution < 1.29 is 9.26 Å². The summed E-state index contributed by atoms with van der Waals surface area (Å²) in [7, 11) is 0. The summed E-state index contributed by atoms with van der Waals surface area (Å²) < 4.78 is 10.6. The third kappa shape index (κ3) is 3.57. The third-order valence-corrected chi connectivity index (χ3v) is 3.45. The highest BCUT2D eigenvalue weighted by Gasteiger charge is 2.18. The smallest absolute Gasteiger partial charge is 0.228 e. The van der Waals surface area contributed by atoms with Crippen LogP contribution >= 0.6 is 0 Å². The van der Waals surface area contributed by atoms with Crippen molar-refractivity contribution in [3.8, 4) is 0 Å². The number of rotatable bonds is 6. The lowest BCUT2D eigenvalue weighted by Crippen LogP contribution is -2.06. The molecular weight excluding hydrogens is 254 g/mol. The fraction of sp³-hybridized carbons (Fsp3) is 0.467. The summed E-state index contributed by atoms with van der Waals surface area (Å²) in [5.41, 5.74) is 1.11. The lowest BCUT2D eigenvalue weighted by molar-refractivity contribution is 0.185. The van der Waals surface area contributed by atoms with Crippen LogP contribution in [0.4, 0.5) is 5.69 Å². The van der Waals surface area contributed by atoms with Crippen LogP contribution in [0.3, 0.4) is 0 Å². The average Bonchev–Trinajstić information content (AvgIpc) is 3.13. The van der Waals surface area contributed by atoms with Gasteiger partial charge in [-0.2, -0.15) is 4.98 Å². The summed E-state index contributed by atoms with van der Waals surface area (Å²) in [5.74, 6) is 2.04. The van der Waals surface area contributed by atoms with Crippen LogP contribution in [0, 0.1) is 5.92 Å². The monoisotopic (exact) mass is 273 g/mol. The van der Waals surface area contributed by atoms with E-state index in [0.717, 1.165) is 50.5 Å². The Morgan fingerprint density at radius 1 is 1.25 bits per heavy atom. The average molecular weight is 273 g/mol. The van der Waals surface area contributed by atoms with Gasteiger partial charge in [-0.3, -0.25) is 0 Å². The van der Waals surface area contributed by atoms with Crippen LogP contribution in [-0.2, 0) is 17.6 Å². The normalized spacial score (nSPS) is 18.3. The van der Waals surface area contributed by atoms with Crippen LogP contribution in [0.15, 0.2) is 34.9 Å². The standard InChI is InChI=1S/C15H19N3O2/c1-2-4-13(5-3-1)16-8-6-15-17-14(18-20-15)10-12-7-9-19-11-12/h1-5,12,16H,6-11H2. The molecule has 1 atom stereocenters. The number of nitrogens with zero attached hydrogens (tertiary/aromatic N) is 2. The van der Waals surface area contributed by atoms with Gasteiger partial charge in [-0.15, -0.1) is 0 Å². The minimum Gasteiger partial charge on any atom is -0.385 e. The summed E-state index contributed by atoms with van der Waals surface area (Å²) in [6.45, 7) is 2.47. The topological polar surface area (TPSA) is 60.2 Å². The van der Waals surface area contributed by atoms with Crippen molar-refractivity contribution >= 4 is 5.69 Å². The van der Waals surface area contributed by atoms with Gasteiger partial charge >= 0.3 is 0 Å². The van der Waals surface area contributed by atoms with Gasteiger partial charge in [-0.05, 0) is 24.5 Å². The highest BCUT2D eigenvalue weighted by atomic mass is 16.5. The summed E-state index contributed by atoms with van der Waals surface area (Å²) in [6, 6.07) is 10.1. The number of nitrogens with one attached hydrogen (secondary N) is 1. The molecule has 1 saturated heterocycles. The number of ether oxygens (including phenoxy) is 1. The molecular formula is C15H19N3O2. The highest BCUT2D eigenvalue weighted by molar-refractivity contribution is 5.42. The maximum Gasteiger partial charge on any atom is 0.228 e. The Morgan fingerprint density at radius 3 is 2.95 bits per heavy atom. The summed E-state index contributed by atoms with van der Waals surface area (Å²) >= 11 is 0. The summed E-state index contributed by atoms with van der Waals surface area (Å²) in [4.78, 5) is 4.43. The molecule has 1 fully saturated rings. The van der Waals surface area contributed by atoms with Gasteiger partial charge in [0.15, 0.2) is 5.82 Å². The molecule has 0 saturated carbocycles. The number of para-hydroxylation sites is 1. The quantitative estimate of drug-likeness (QED) is 0.875. The van der Waals surface area contributed by atoms with Crippen LogP contribution in [0.25, 0.3) is 0 Å². The fourth-order valence-electron chi connectivity index (χ4n) is 2.35. The molecule has 5 heteroatoms. The molecule has 106 valence electrons.